The van der Waals surface area contributed by atoms with Gasteiger partial charge in [0.25, 0.3) is 0 Å². The molecular formula is C13H18N2O2. The largest absolute Gasteiger partial charge is 0.467 e. The summed E-state index contributed by atoms with van der Waals surface area (Å²) in [4.78, 5) is 14.5. The Bertz CT molecular complexity index is 423. The second-order valence-electron chi connectivity index (χ2n) is 4.90. The minimum absolute atomic E-state index is 0.172. The van der Waals surface area contributed by atoms with Gasteiger partial charge in [-0.1, -0.05) is 0 Å². The quantitative estimate of drug-likeness (QED) is 0.843. The minimum Gasteiger partial charge on any atom is -0.467 e. The Morgan fingerprint density at radius 1 is 1.47 bits per heavy atom. The number of nitrogens with one attached hydrogen (secondary N) is 1. The molecule has 92 valence electrons. The molecule has 3 rings (SSSR count). The molecular weight excluding hydrogens is 216 g/mol. The highest BCUT2D eigenvalue weighted by molar-refractivity contribution is 5.84. The fourth-order valence-electron chi connectivity index (χ4n) is 2.75. The van der Waals surface area contributed by atoms with Crippen LogP contribution in [0.1, 0.15) is 36.6 Å². The molecule has 17 heavy (non-hydrogen) atoms. The van der Waals surface area contributed by atoms with Crippen LogP contribution in [-0.4, -0.2) is 30.4 Å². The maximum absolute atomic E-state index is 12.5. The topological polar surface area (TPSA) is 45.5 Å². The van der Waals surface area contributed by atoms with Crippen LogP contribution in [0.2, 0.25) is 0 Å². The molecule has 0 spiro atoms. The highest BCUT2D eigenvalue weighted by Gasteiger charge is 2.37. The zero-order valence-electron chi connectivity index (χ0n) is 10.1. The zero-order valence-corrected chi connectivity index (χ0v) is 10.1. The number of hydrogen-bond donors (Lipinski definition) is 1. The minimum atomic E-state index is -0.303. The van der Waals surface area contributed by atoms with Crippen molar-refractivity contribution in [3.8, 4) is 0 Å². The predicted molar refractivity (Wildman–Crippen MR) is 63.6 cm³/mol. The first-order chi connectivity index (χ1) is 8.31. The first-order valence-corrected chi connectivity index (χ1v) is 6.35. The highest BCUT2D eigenvalue weighted by atomic mass is 16.3. The van der Waals surface area contributed by atoms with Gasteiger partial charge in [0.05, 0.1) is 6.26 Å². The van der Waals surface area contributed by atoms with Crippen LogP contribution >= 0.6 is 0 Å². The van der Waals surface area contributed by atoms with Crippen LogP contribution in [-0.2, 0) is 11.2 Å². The number of amides is 1. The number of rotatable bonds is 2. The van der Waals surface area contributed by atoms with E-state index in [1.807, 2.05) is 18.0 Å². The molecule has 1 aliphatic carbocycles. The summed E-state index contributed by atoms with van der Waals surface area (Å²) in [6.07, 6.45) is 6.16. The monoisotopic (exact) mass is 234 g/mol. The molecule has 2 heterocycles. The average Bonchev–Trinajstić information content (AvgIpc) is 2.66. The van der Waals surface area contributed by atoms with E-state index >= 15 is 0 Å². The van der Waals surface area contributed by atoms with E-state index in [-0.39, 0.29) is 11.9 Å². The van der Waals surface area contributed by atoms with Crippen LogP contribution in [0, 0.1) is 0 Å². The molecule has 0 bridgehead atoms. The Labute approximate surface area is 101 Å². The molecule has 1 atom stereocenters. The smallest absolute Gasteiger partial charge is 0.247 e. The van der Waals surface area contributed by atoms with Gasteiger partial charge in [0.1, 0.15) is 11.8 Å². The van der Waals surface area contributed by atoms with Gasteiger partial charge in [-0.3, -0.25) is 4.79 Å². The lowest BCUT2D eigenvalue weighted by Crippen LogP contribution is -2.48. The molecule has 0 saturated heterocycles. The van der Waals surface area contributed by atoms with Gasteiger partial charge < -0.3 is 14.6 Å². The molecule has 1 aromatic heterocycles. The van der Waals surface area contributed by atoms with E-state index in [0.29, 0.717) is 6.04 Å². The summed E-state index contributed by atoms with van der Waals surface area (Å²) in [5.41, 5.74) is 1.17. The lowest BCUT2D eigenvalue weighted by molar-refractivity contribution is -0.137. The SMILES string of the molecule is CNC1C(=O)N(C2CCC2)CCc2ccoc21. The van der Waals surface area contributed by atoms with Gasteiger partial charge in [-0.25, -0.2) is 0 Å². The van der Waals surface area contributed by atoms with E-state index in [2.05, 4.69) is 5.32 Å². The lowest BCUT2D eigenvalue weighted by atomic mass is 9.91. The van der Waals surface area contributed by atoms with Gasteiger partial charge in [0.2, 0.25) is 5.91 Å². The molecule has 1 N–H and O–H groups in total. The van der Waals surface area contributed by atoms with Gasteiger partial charge in [0, 0.05) is 12.6 Å². The zero-order chi connectivity index (χ0) is 11.8. The number of hydrogen-bond acceptors (Lipinski definition) is 3. The number of carbonyl (C=O) groups is 1. The van der Waals surface area contributed by atoms with Crippen molar-refractivity contribution in [1.82, 2.24) is 10.2 Å². The number of fused-ring (bicyclic) bond motifs is 1. The van der Waals surface area contributed by atoms with E-state index in [0.717, 1.165) is 31.6 Å². The fraction of sp³-hybridized carbons (Fsp3) is 0.615. The fourth-order valence-corrected chi connectivity index (χ4v) is 2.75. The van der Waals surface area contributed by atoms with Crippen molar-refractivity contribution in [2.45, 2.75) is 37.8 Å². The van der Waals surface area contributed by atoms with Gasteiger partial charge in [-0.2, -0.15) is 0 Å². The molecule has 1 amide bonds. The Morgan fingerprint density at radius 2 is 2.29 bits per heavy atom. The van der Waals surface area contributed by atoms with Gasteiger partial charge >= 0.3 is 0 Å². The maximum Gasteiger partial charge on any atom is 0.247 e. The van der Waals surface area contributed by atoms with Gasteiger partial charge in [0.15, 0.2) is 0 Å². The van der Waals surface area contributed by atoms with Crippen LogP contribution in [0.25, 0.3) is 0 Å². The van der Waals surface area contributed by atoms with E-state index in [4.69, 9.17) is 4.42 Å². The average molecular weight is 234 g/mol. The summed E-state index contributed by atoms with van der Waals surface area (Å²) >= 11 is 0. The van der Waals surface area contributed by atoms with Crippen molar-refractivity contribution in [2.24, 2.45) is 0 Å². The van der Waals surface area contributed by atoms with Crippen molar-refractivity contribution >= 4 is 5.91 Å². The van der Waals surface area contributed by atoms with E-state index in [1.54, 1.807) is 6.26 Å². The highest BCUT2D eigenvalue weighted by Crippen LogP contribution is 2.31. The summed E-state index contributed by atoms with van der Waals surface area (Å²) in [5.74, 6) is 0.977. The molecule has 1 unspecified atom stereocenters. The summed E-state index contributed by atoms with van der Waals surface area (Å²) in [6, 6.07) is 2.14. The third kappa shape index (κ3) is 1.67. The molecule has 2 aliphatic rings. The lowest BCUT2D eigenvalue weighted by Gasteiger charge is -2.38. The second kappa shape index (κ2) is 4.18. The summed E-state index contributed by atoms with van der Waals surface area (Å²) < 4.78 is 5.48. The van der Waals surface area contributed by atoms with Gasteiger partial charge in [-0.15, -0.1) is 0 Å². The Morgan fingerprint density at radius 3 is 2.94 bits per heavy atom. The molecule has 1 aliphatic heterocycles. The Kier molecular flexibility index (Phi) is 2.67. The van der Waals surface area contributed by atoms with Crippen molar-refractivity contribution in [3.05, 3.63) is 23.7 Å². The second-order valence-corrected chi connectivity index (χ2v) is 4.90. The molecule has 0 radical (unpaired) electrons. The van der Waals surface area contributed by atoms with Crippen LogP contribution in [0.4, 0.5) is 0 Å². The van der Waals surface area contributed by atoms with E-state index in [1.165, 1.54) is 12.0 Å². The molecule has 1 saturated carbocycles. The van der Waals surface area contributed by atoms with Crippen LogP contribution in [0.5, 0.6) is 0 Å². The first kappa shape index (κ1) is 10.8. The number of furan rings is 1. The third-order valence-electron chi connectivity index (χ3n) is 4.00. The summed E-state index contributed by atoms with van der Waals surface area (Å²) in [7, 11) is 1.82. The van der Waals surface area contributed by atoms with Crippen molar-refractivity contribution in [1.29, 1.82) is 0 Å². The third-order valence-corrected chi connectivity index (χ3v) is 4.00. The molecule has 4 heteroatoms. The number of nitrogens with zero attached hydrogens (tertiary/aromatic N) is 1. The molecule has 1 fully saturated rings. The van der Waals surface area contributed by atoms with Crippen LogP contribution in [0.15, 0.2) is 16.7 Å². The Balaban J connectivity index is 1.90. The predicted octanol–water partition coefficient (Wildman–Crippen LogP) is 1.48. The Hall–Kier alpha value is -1.29. The number of likely N-dealkylation sites (N-methyl/N-ethyl adjacent to an activating group) is 1. The van der Waals surface area contributed by atoms with E-state index in [9.17, 15) is 4.79 Å². The van der Waals surface area contributed by atoms with Gasteiger partial charge in [-0.05, 0) is 44.4 Å². The van der Waals surface area contributed by atoms with Crippen molar-refractivity contribution in [2.75, 3.05) is 13.6 Å². The molecule has 1 aromatic rings. The summed E-state index contributed by atoms with van der Waals surface area (Å²) in [6.45, 7) is 0.828. The van der Waals surface area contributed by atoms with Crippen LogP contribution < -0.4 is 5.32 Å². The summed E-state index contributed by atoms with van der Waals surface area (Å²) in [5, 5.41) is 3.08. The maximum atomic E-state index is 12.5. The molecule has 4 nitrogen and oxygen atoms in total. The number of carbonyl (C=O) groups excluding carboxylic acids is 1. The van der Waals surface area contributed by atoms with Crippen molar-refractivity contribution in [3.63, 3.8) is 0 Å². The van der Waals surface area contributed by atoms with Crippen LogP contribution in [0.3, 0.4) is 0 Å². The molecule has 0 aromatic carbocycles. The van der Waals surface area contributed by atoms with E-state index < -0.39 is 0 Å². The van der Waals surface area contributed by atoms with Crippen molar-refractivity contribution < 1.29 is 9.21 Å². The standard InChI is InChI=1S/C13H18N2O2/c1-14-11-12-9(6-8-17-12)5-7-15(13(11)16)10-3-2-4-10/h6,8,10-11,14H,2-5,7H2,1H3. The normalized spacial score (nSPS) is 25.4. The first-order valence-electron chi connectivity index (χ1n) is 6.35.